The second kappa shape index (κ2) is 12.7. The van der Waals surface area contributed by atoms with Crippen LogP contribution in [0, 0.1) is 0 Å². The van der Waals surface area contributed by atoms with Crippen LogP contribution in [-0.4, -0.2) is 55.8 Å². The molecule has 0 atom stereocenters. The van der Waals surface area contributed by atoms with Crippen LogP contribution in [0.2, 0.25) is 0 Å². The van der Waals surface area contributed by atoms with E-state index in [0.717, 1.165) is 65.2 Å². The van der Waals surface area contributed by atoms with Gasteiger partial charge in [0.25, 0.3) is 5.92 Å². The highest BCUT2D eigenvalue weighted by Crippen LogP contribution is 2.36. The van der Waals surface area contributed by atoms with Crippen molar-refractivity contribution in [3.63, 3.8) is 0 Å². The molecule has 228 valence electrons. The molecule has 1 saturated heterocycles. The number of piperazine rings is 1. The number of likely N-dealkylation sites (N-methyl/N-ethyl adjacent to an activating group) is 1. The Morgan fingerprint density at radius 1 is 0.930 bits per heavy atom. The first kappa shape index (κ1) is 32.0. The van der Waals surface area contributed by atoms with Crippen LogP contribution in [0.1, 0.15) is 57.7 Å². The number of aliphatic imine (C=N–C) groups is 1. The Bertz CT molecular complexity index is 1470. The monoisotopic (exact) mass is 584 g/mol. The first-order valence-electron chi connectivity index (χ1n) is 15.0. The van der Waals surface area contributed by atoms with E-state index in [1.165, 1.54) is 11.6 Å². The van der Waals surface area contributed by atoms with Gasteiger partial charge < -0.3 is 14.7 Å². The van der Waals surface area contributed by atoms with Gasteiger partial charge in [0.05, 0.1) is 17.1 Å². The van der Waals surface area contributed by atoms with Crippen molar-refractivity contribution in [2.45, 2.75) is 52.4 Å². The van der Waals surface area contributed by atoms with E-state index in [-0.39, 0.29) is 11.0 Å². The lowest BCUT2D eigenvalue weighted by atomic mass is 9.86. The number of benzene rings is 2. The number of nitrogens with zero attached hydrogens (tertiary/aromatic N) is 4. The van der Waals surface area contributed by atoms with Crippen molar-refractivity contribution in [2.24, 2.45) is 4.99 Å². The van der Waals surface area contributed by atoms with Crippen molar-refractivity contribution in [3.05, 3.63) is 125 Å². The predicted molar refractivity (Wildman–Crippen MR) is 178 cm³/mol. The number of alkyl halides is 2. The van der Waals surface area contributed by atoms with Gasteiger partial charge in [-0.2, -0.15) is 0 Å². The number of allylic oxidation sites excluding steroid dienone is 5. The average Bonchev–Trinajstić information content (AvgIpc) is 3.41. The Kier molecular flexibility index (Phi) is 9.48. The van der Waals surface area contributed by atoms with E-state index in [0.29, 0.717) is 19.5 Å². The third kappa shape index (κ3) is 7.54. The fraction of sp³-hybridized carbons (Fsp3) is 0.378. The van der Waals surface area contributed by atoms with Crippen LogP contribution in [-0.2, 0) is 11.3 Å². The van der Waals surface area contributed by atoms with Crippen molar-refractivity contribution in [2.75, 3.05) is 45.2 Å². The zero-order valence-corrected chi connectivity index (χ0v) is 26.8. The normalized spacial score (nSPS) is 16.7. The third-order valence-corrected chi connectivity index (χ3v) is 8.21. The summed E-state index contributed by atoms with van der Waals surface area (Å²) < 4.78 is 28.0. The lowest BCUT2D eigenvalue weighted by Crippen LogP contribution is -2.46. The van der Waals surface area contributed by atoms with Gasteiger partial charge in [-0.05, 0) is 52.8 Å². The molecule has 0 saturated carbocycles. The Balaban J connectivity index is 1.63. The molecule has 0 unspecified atom stereocenters. The van der Waals surface area contributed by atoms with Gasteiger partial charge in [0.1, 0.15) is 0 Å². The SMILES string of the molecule is C=C(/C=C(\C=C/C)C1=C(C(=C)N2CCN(c3cccc(C(C)(F)F)c3)CC2)N=C(c2ccc(C(C)(C)C)cc2)C1)N(C)C. The molecule has 2 aliphatic rings. The highest BCUT2D eigenvalue weighted by Gasteiger charge is 2.29. The van der Waals surface area contributed by atoms with Crippen molar-refractivity contribution < 1.29 is 8.78 Å². The van der Waals surface area contributed by atoms with E-state index in [1.807, 2.05) is 38.1 Å². The number of anilines is 1. The largest absolute Gasteiger partial charge is 0.378 e. The van der Waals surface area contributed by atoms with Crippen LogP contribution in [0.3, 0.4) is 0 Å². The van der Waals surface area contributed by atoms with Gasteiger partial charge in [-0.15, -0.1) is 0 Å². The lowest BCUT2D eigenvalue weighted by molar-refractivity contribution is 0.0175. The predicted octanol–water partition coefficient (Wildman–Crippen LogP) is 8.46. The molecule has 4 rings (SSSR count). The number of halogens is 2. The maximum Gasteiger partial charge on any atom is 0.270 e. The van der Waals surface area contributed by atoms with Crippen LogP contribution >= 0.6 is 0 Å². The minimum Gasteiger partial charge on any atom is -0.378 e. The molecular formula is C37H46F2N4. The summed E-state index contributed by atoms with van der Waals surface area (Å²) in [4.78, 5) is 11.7. The molecule has 43 heavy (non-hydrogen) atoms. The first-order valence-corrected chi connectivity index (χ1v) is 15.0. The van der Waals surface area contributed by atoms with Gasteiger partial charge >= 0.3 is 0 Å². The fourth-order valence-electron chi connectivity index (χ4n) is 5.38. The summed E-state index contributed by atoms with van der Waals surface area (Å²) in [6.45, 7) is 21.3. The summed E-state index contributed by atoms with van der Waals surface area (Å²) >= 11 is 0. The van der Waals surface area contributed by atoms with Gasteiger partial charge in [-0.3, -0.25) is 0 Å². The van der Waals surface area contributed by atoms with Crippen molar-refractivity contribution in [3.8, 4) is 0 Å². The molecule has 0 aliphatic carbocycles. The topological polar surface area (TPSA) is 22.1 Å². The van der Waals surface area contributed by atoms with Crippen LogP contribution in [0.5, 0.6) is 0 Å². The summed E-state index contributed by atoms with van der Waals surface area (Å²) in [5.74, 6) is -2.86. The minimum atomic E-state index is -2.86. The summed E-state index contributed by atoms with van der Waals surface area (Å²) in [6.07, 6.45) is 6.97. The fourth-order valence-corrected chi connectivity index (χ4v) is 5.38. The molecule has 1 fully saturated rings. The van der Waals surface area contributed by atoms with Crippen molar-refractivity contribution in [1.29, 1.82) is 0 Å². The molecule has 4 nitrogen and oxygen atoms in total. The second-order valence-electron chi connectivity index (χ2n) is 12.7. The van der Waals surface area contributed by atoms with Gasteiger partial charge in [0, 0.05) is 70.6 Å². The second-order valence-corrected chi connectivity index (χ2v) is 12.7. The van der Waals surface area contributed by atoms with Crippen LogP contribution in [0.25, 0.3) is 0 Å². The highest BCUT2D eigenvalue weighted by atomic mass is 19.3. The van der Waals surface area contributed by atoms with Gasteiger partial charge in [-0.1, -0.05) is 82.5 Å². The summed E-state index contributed by atoms with van der Waals surface area (Å²) in [7, 11) is 3.98. The zero-order valence-electron chi connectivity index (χ0n) is 26.8. The Morgan fingerprint density at radius 3 is 2.14 bits per heavy atom. The van der Waals surface area contributed by atoms with Crippen molar-refractivity contribution in [1.82, 2.24) is 9.80 Å². The zero-order chi connectivity index (χ0) is 31.5. The highest BCUT2D eigenvalue weighted by molar-refractivity contribution is 6.05. The maximum atomic E-state index is 14.0. The molecule has 0 spiro atoms. The summed E-state index contributed by atoms with van der Waals surface area (Å²) in [5.41, 5.74) is 9.24. The summed E-state index contributed by atoms with van der Waals surface area (Å²) in [6, 6.07) is 15.5. The van der Waals surface area contributed by atoms with E-state index in [4.69, 9.17) is 4.99 Å². The van der Waals surface area contributed by atoms with Gasteiger partial charge in [-0.25, -0.2) is 13.8 Å². The Labute approximate surface area is 257 Å². The molecule has 2 aromatic rings. The van der Waals surface area contributed by atoms with E-state index in [9.17, 15) is 8.78 Å². The Morgan fingerprint density at radius 2 is 1.58 bits per heavy atom. The molecule has 0 radical (unpaired) electrons. The van der Waals surface area contributed by atoms with Crippen molar-refractivity contribution >= 4 is 11.4 Å². The minimum absolute atomic E-state index is 0.0394. The van der Waals surface area contributed by atoms with E-state index < -0.39 is 5.92 Å². The molecule has 0 N–H and O–H groups in total. The molecule has 2 aliphatic heterocycles. The molecule has 2 aromatic carbocycles. The Hall–Kier alpha value is -3.93. The quantitative estimate of drug-likeness (QED) is 0.276. The lowest BCUT2D eigenvalue weighted by Gasteiger charge is -2.38. The number of rotatable bonds is 9. The average molecular weight is 585 g/mol. The van der Waals surface area contributed by atoms with Crippen LogP contribution < -0.4 is 4.90 Å². The molecule has 2 heterocycles. The summed E-state index contributed by atoms with van der Waals surface area (Å²) in [5, 5.41) is 0. The molecule has 0 bridgehead atoms. The smallest absolute Gasteiger partial charge is 0.270 e. The number of hydrogen-bond donors (Lipinski definition) is 0. The molecule has 0 aromatic heterocycles. The van der Waals surface area contributed by atoms with Gasteiger partial charge in [0.2, 0.25) is 0 Å². The van der Waals surface area contributed by atoms with Gasteiger partial charge in [0.15, 0.2) is 0 Å². The van der Waals surface area contributed by atoms with E-state index in [1.54, 1.807) is 12.1 Å². The molecule has 0 amide bonds. The maximum absolute atomic E-state index is 14.0. The van der Waals surface area contributed by atoms with E-state index >= 15 is 0 Å². The van der Waals surface area contributed by atoms with Crippen LogP contribution in [0.15, 0.2) is 113 Å². The van der Waals surface area contributed by atoms with Crippen LogP contribution in [0.4, 0.5) is 14.5 Å². The standard InChI is InChI=1S/C37H46F2N4/c1-10-12-29(23-26(2)41(8)9)33-25-34(28-15-17-30(18-16-28)36(4,5)6)40-35(33)27(3)42-19-21-43(22-20-42)32-14-11-13-31(24-32)37(7,38)39/h10-18,23-24H,2-3,19-22,25H2,1,4-9H3/b12-10-,29-23+. The first-order chi connectivity index (χ1) is 20.2. The van der Waals surface area contributed by atoms with E-state index in [2.05, 4.69) is 80.1 Å². The molecule has 6 heteroatoms. The third-order valence-electron chi connectivity index (χ3n) is 8.21. The molecular weight excluding hydrogens is 538 g/mol. The number of hydrogen-bond acceptors (Lipinski definition) is 4.